The Morgan fingerprint density at radius 2 is 1.76 bits per heavy atom. The first-order valence-electron chi connectivity index (χ1n) is 5.94. The molecule has 1 heterocycles. The Kier molecular flexibility index (Phi) is 3.33. The van der Waals surface area contributed by atoms with Crippen LogP contribution >= 0.6 is 15.9 Å². The first-order chi connectivity index (χ1) is 9.99. The first kappa shape index (κ1) is 13.9. The lowest BCUT2D eigenvalue weighted by Crippen LogP contribution is -2.04. The molecule has 0 saturated heterocycles. The molecule has 2 nitrogen and oxygen atoms in total. The van der Waals surface area contributed by atoms with Crippen molar-refractivity contribution >= 4 is 32.6 Å². The number of carbonyl (C=O) groups excluding carboxylic acids is 1. The fraction of sp³-hybridized carbons (Fsp3) is 0. The lowest BCUT2D eigenvalue weighted by molar-refractivity contribution is 0.103. The van der Waals surface area contributed by atoms with E-state index < -0.39 is 23.2 Å². The summed E-state index contributed by atoms with van der Waals surface area (Å²) in [5.41, 5.74) is 0.716. The maximum atomic E-state index is 13.2. The van der Waals surface area contributed by atoms with E-state index >= 15 is 0 Å². The number of hydrogen-bond donors (Lipinski definition) is 1. The molecule has 3 aromatic rings. The van der Waals surface area contributed by atoms with Crippen molar-refractivity contribution in [2.45, 2.75) is 0 Å². The predicted molar refractivity (Wildman–Crippen MR) is 75.7 cm³/mol. The second-order valence-corrected chi connectivity index (χ2v) is 5.30. The van der Waals surface area contributed by atoms with Gasteiger partial charge in [-0.25, -0.2) is 13.2 Å². The highest BCUT2D eigenvalue weighted by Crippen LogP contribution is 2.27. The molecule has 0 saturated carbocycles. The summed E-state index contributed by atoms with van der Waals surface area (Å²) in [6.45, 7) is 0. The molecule has 106 valence electrons. The van der Waals surface area contributed by atoms with Crippen LogP contribution in [0.2, 0.25) is 0 Å². The van der Waals surface area contributed by atoms with Crippen molar-refractivity contribution in [1.82, 2.24) is 4.98 Å². The van der Waals surface area contributed by atoms with Gasteiger partial charge in [0.15, 0.2) is 23.2 Å². The van der Waals surface area contributed by atoms with Gasteiger partial charge in [-0.15, -0.1) is 0 Å². The van der Waals surface area contributed by atoms with Crippen LogP contribution in [0.1, 0.15) is 15.9 Å². The molecule has 0 amide bonds. The van der Waals surface area contributed by atoms with E-state index in [4.69, 9.17) is 0 Å². The number of halogens is 4. The Morgan fingerprint density at radius 3 is 2.43 bits per heavy atom. The molecule has 0 unspecified atom stereocenters. The van der Waals surface area contributed by atoms with Gasteiger partial charge in [0.05, 0.1) is 5.52 Å². The van der Waals surface area contributed by atoms with Crippen LogP contribution in [-0.4, -0.2) is 10.8 Å². The zero-order chi connectivity index (χ0) is 15.1. The van der Waals surface area contributed by atoms with Crippen LogP contribution in [0.4, 0.5) is 13.2 Å². The first-order valence-corrected chi connectivity index (χ1v) is 6.73. The smallest absolute Gasteiger partial charge is 0.195 e. The third-order valence-corrected chi connectivity index (χ3v) is 3.82. The molecule has 1 N–H and O–H groups in total. The van der Waals surface area contributed by atoms with Gasteiger partial charge >= 0.3 is 0 Å². The summed E-state index contributed by atoms with van der Waals surface area (Å²) in [6.07, 6.45) is 1.46. The maximum absolute atomic E-state index is 13.2. The average molecular weight is 354 g/mol. The van der Waals surface area contributed by atoms with E-state index in [-0.39, 0.29) is 11.1 Å². The van der Waals surface area contributed by atoms with Crippen molar-refractivity contribution in [2.24, 2.45) is 0 Å². The molecule has 6 heteroatoms. The number of nitrogens with one attached hydrogen (secondary N) is 1. The monoisotopic (exact) mass is 353 g/mol. The van der Waals surface area contributed by atoms with Gasteiger partial charge in [0, 0.05) is 27.2 Å². The molecule has 2 aromatic carbocycles. The van der Waals surface area contributed by atoms with E-state index in [0.29, 0.717) is 23.0 Å². The van der Waals surface area contributed by atoms with Crippen molar-refractivity contribution < 1.29 is 18.0 Å². The largest absolute Gasteiger partial charge is 0.360 e. The van der Waals surface area contributed by atoms with Crippen LogP contribution in [0.15, 0.2) is 41.0 Å². The van der Waals surface area contributed by atoms with E-state index in [1.54, 1.807) is 18.2 Å². The summed E-state index contributed by atoms with van der Waals surface area (Å²) in [4.78, 5) is 15.3. The topological polar surface area (TPSA) is 32.9 Å². The fourth-order valence-electron chi connectivity index (χ4n) is 2.15. The van der Waals surface area contributed by atoms with Crippen LogP contribution < -0.4 is 0 Å². The minimum absolute atomic E-state index is 0.243. The van der Waals surface area contributed by atoms with Gasteiger partial charge in [-0.3, -0.25) is 4.79 Å². The van der Waals surface area contributed by atoms with E-state index in [2.05, 4.69) is 20.9 Å². The molecule has 0 bridgehead atoms. The van der Waals surface area contributed by atoms with Gasteiger partial charge in [0.2, 0.25) is 0 Å². The summed E-state index contributed by atoms with van der Waals surface area (Å²) in [7, 11) is 0. The molecule has 0 aliphatic heterocycles. The Morgan fingerprint density at radius 1 is 1.10 bits per heavy atom. The molecule has 1 aromatic heterocycles. The summed E-state index contributed by atoms with van der Waals surface area (Å²) in [5.74, 6) is -4.95. The molecule has 0 atom stereocenters. The van der Waals surface area contributed by atoms with Crippen molar-refractivity contribution in [3.63, 3.8) is 0 Å². The zero-order valence-electron chi connectivity index (χ0n) is 10.4. The normalized spacial score (nSPS) is 11.0. The molecular formula is C15H7BrF3NO. The Labute approximate surface area is 125 Å². The fourth-order valence-corrected chi connectivity index (χ4v) is 2.63. The molecule has 21 heavy (non-hydrogen) atoms. The van der Waals surface area contributed by atoms with Crippen molar-refractivity contribution in [3.8, 4) is 0 Å². The predicted octanol–water partition coefficient (Wildman–Crippen LogP) is 4.58. The Balaban J connectivity index is 2.15. The van der Waals surface area contributed by atoms with Gasteiger partial charge in [0.1, 0.15) is 0 Å². The third kappa shape index (κ3) is 2.25. The molecule has 0 aliphatic rings. The number of rotatable bonds is 2. The number of ketones is 1. The number of fused-ring (bicyclic) bond motifs is 1. The average Bonchev–Trinajstić information content (AvgIpc) is 2.89. The number of aromatic nitrogens is 1. The number of carbonyl (C=O) groups is 1. The summed E-state index contributed by atoms with van der Waals surface area (Å²) >= 11 is 3.34. The highest BCUT2D eigenvalue weighted by atomic mass is 79.9. The number of benzene rings is 2. The Hall–Kier alpha value is -2.08. The van der Waals surface area contributed by atoms with Crippen LogP contribution in [0, 0.1) is 17.5 Å². The number of aromatic amines is 1. The van der Waals surface area contributed by atoms with E-state index in [1.807, 2.05) is 0 Å². The van der Waals surface area contributed by atoms with Gasteiger partial charge < -0.3 is 4.98 Å². The summed E-state index contributed by atoms with van der Waals surface area (Å²) < 4.78 is 40.2. The Bertz CT molecular complexity index is 849. The quantitative estimate of drug-likeness (QED) is 0.530. The molecule has 0 radical (unpaired) electrons. The minimum Gasteiger partial charge on any atom is -0.360 e. The summed E-state index contributed by atoms with van der Waals surface area (Å²) in [6, 6.07) is 6.63. The van der Waals surface area contributed by atoms with E-state index in [0.717, 1.165) is 4.47 Å². The minimum atomic E-state index is -1.59. The molecule has 3 rings (SSSR count). The maximum Gasteiger partial charge on any atom is 0.195 e. The van der Waals surface area contributed by atoms with Crippen LogP contribution in [-0.2, 0) is 0 Å². The number of hydrogen-bond acceptors (Lipinski definition) is 1. The number of H-pyrrole nitrogens is 1. The van der Waals surface area contributed by atoms with Gasteiger partial charge in [-0.05, 0) is 34.1 Å². The SMILES string of the molecule is O=C(c1cc(F)c(F)c(F)c1)c1c[nH]c2c(Br)cccc12. The third-order valence-electron chi connectivity index (χ3n) is 3.16. The van der Waals surface area contributed by atoms with Gasteiger partial charge in [-0.2, -0.15) is 0 Å². The lowest BCUT2D eigenvalue weighted by atomic mass is 10.0. The van der Waals surface area contributed by atoms with E-state index in [9.17, 15) is 18.0 Å². The van der Waals surface area contributed by atoms with Gasteiger partial charge in [-0.1, -0.05) is 12.1 Å². The molecular weight excluding hydrogens is 347 g/mol. The molecule has 0 aliphatic carbocycles. The standard InChI is InChI=1S/C15H7BrF3NO/c16-10-3-1-2-8-9(6-20-14(8)10)15(21)7-4-11(17)13(19)12(18)5-7/h1-6,20H. The molecule has 0 fully saturated rings. The second-order valence-electron chi connectivity index (χ2n) is 4.45. The highest BCUT2D eigenvalue weighted by Gasteiger charge is 2.19. The zero-order valence-corrected chi connectivity index (χ0v) is 12.0. The van der Waals surface area contributed by atoms with Gasteiger partial charge in [0.25, 0.3) is 0 Å². The van der Waals surface area contributed by atoms with Crippen molar-refractivity contribution in [2.75, 3.05) is 0 Å². The summed E-state index contributed by atoms with van der Waals surface area (Å²) in [5, 5.41) is 0.611. The number of para-hydroxylation sites is 1. The lowest BCUT2D eigenvalue weighted by Gasteiger charge is -2.02. The van der Waals surface area contributed by atoms with E-state index in [1.165, 1.54) is 6.20 Å². The second kappa shape index (κ2) is 5.04. The molecule has 0 spiro atoms. The van der Waals surface area contributed by atoms with Crippen molar-refractivity contribution in [1.29, 1.82) is 0 Å². The van der Waals surface area contributed by atoms with Crippen LogP contribution in [0.25, 0.3) is 10.9 Å². The highest BCUT2D eigenvalue weighted by molar-refractivity contribution is 9.10. The van der Waals surface area contributed by atoms with Crippen LogP contribution in [0.5, 0.6) is 0 Å². The van der Waals surface area contributed by atoms with Crippen molar-refractivity contribution in [3.05, 3.63) is 69.6 Å². The van der Waals surface area contributed by atoms with Crippen LogP contribution in [0.3, 0.4) is 0 Å².